The fourth-order valence-electron chi connectivity index (χ4n) is 8.13. The number of aliphatic hydroxyl groups is 1. The molecule has 1 amide bonds. The van der Waals surface area contributed by atoms with Gasteiger partial charge in [-0.25, -0.2) is 0 Å². The second-order valence-electron chi connectivity index (χ2n) is 21.7. The Morgan fingerprint density at radius 2 is 0.772 bits per heavy atom. The van der Waals surface area contributed by atoms with E-state index < -0.39 is 26.6 Å². The molecule has 9 heteroatoms. The molecule has 0 radical (unpaired) electrons. The molecule has 0 bridgehead atoms. The Balaban J connectivity index is 4.22. The average molecular weight is 1110 g/mol. The van der Waals surface area contributed by atoms with Crippen molar-refractivity contribution in [3.05, 3.63) is 158 Å². The van der Waals surface area contributed by atoms with Crippen molar-refractivity contribution >= 4 is 13.7 Å². The quantitative estimate of drug-likeness (QED) is 0.0272. The predicted molar refractivity (Wildman–Crippen MR) is 343 cm³/mol. The van der Waals surface area contributed by atoms with E-state index in [2.05, 4.69) is 165 Å². The molecule has 0 spiro atoms. The lowest BCUT2D eigenvalue weighted by Crippen LogP contribution is -2.45. The van der Waals surface area contributed by atoms with Gasteiger partial charge in [-0.3, -0.25) is 9.36 Å². The number of allylic oxidation sites excluding steroid dienone is 25. The second-order valence-corrected chi connectivity index (χ2v) is 23.1. The van der Waals surface area contributed by atoms with E-state index in [1.807, 2.05) is 27.2 Å². The maximum atomic E-state index is 13.0. The predicted octanol–water partition coefficient (Wildman–Crippen LogP) is 19.2. The van der Waals surface area contributed by atoms with Crippen LogP contribution in [0.2, 0.25) is 0 Å². The fraction of sp³-hybridized carbons (Fsp3) is 0.614. The van der Waals surface area contributed by atoms with E-state index in [0.29, 0.717) is 17.4 Å². The van der Waals surface area contributed by atoms with Crippen molar-refractivity contribution in [1.29, 1.82) is 0 Å². The molecule has 448 valence electrons. The summed E-state index contributed by atoms with van der Waals surface area (Å²) in [4.78, 5) is 25.5. The third-order valence-corrected chi connectivity index (χ3v) is 14.0. The van der Waals surface area contributed by atoms with Crippen LogP contribution in [-0.2, 0) is 18.4 Å². The largest absolute Gasteiger partial charge is 0.756 e. The van der Waals surface area contributed by atoms with Crippen molar-refractivity contribution in [1.82, 2.24) is 5.32 Å². The van der Waals surface area contributed by atoms with E-state index in [1.54, 1.807) is 6.08 Å². The molecule has 0 rings (SSSR count). The number of likely N-dealkylation sites (N-methyl/N-ethyl adjacent to an activating group) is 1. The Labute approximate surface area is 486 Å². The zero-order valence-corrected chi connectivity index (χ0v) is 51.9. The first kappa shape index (κ1) is 75.1. The van der Waals surface area contributed by atoms with Crippen LogP contribution < -0.4 is 10.2 Å². The van der Waals surface area contributed by atoms with Crippen molar-refractivity contribution in [3.63, 3.8) is 0 Å². The zero-order valence-electron chi connectivity index (χ0n) is 51.0. The first-order valence-corrected chi connectivity index (χ1v) is 32.8. The maximum absolute atomic E-state index is 13.0. The van der Waals surface area contributed by atoms with Crippen molar-refractivity contribution in [2.75, 3.05) is 40.9 Å². The van der Waals surface area contributed by atoms with Gasteiger partial charge in [0.1, 0.15) is 13.2 Å². The van der Waals surface area contributed by atoms with E-state index in [9.17, 15) is 19.4 Å². The smallest absolute Gasteiger partial charge is 0.268 e. The Hall–Kier alpha value is -3.88. The minimum absolute atomic E-state index is 0.0143. The number of nitrogens with zero attached hydrogens (tertiary/aromatic N) is 1. The van der Waals surface area contributed by atoms with Gasteiger partial charge in [0, 0.05) is 6.42 Å². The van der Waals surface area contributed by atoms with Crippen LogP contribution in [-0.4, -0.2) is 68.5 Å². The summed E-state index contributed by atoms with van der Waals surface area (Å²) in [6.07, 6.45) is 91.9. The van der Waals surface area contributed by atoms with E-state index in [1.165, 1.54) is 77.0 Å². The molecule has 0 aliphatic heterocycles. The highest BCUT2D eigenvalue weighted by atomic mass is 31.2. The van der Waals surface area contributed by atoms with Crippen molar-refractivity contribution < 1.29 is 32.9 Å². The normalized spacial score (nSPS) is 14.9. The van der Waals surface area contributed by atoms with Gasteiger partial charge in [0.2, 0.25) is 5.91 Å². The van der Waals surface area contributed by atoms with Crippen LogP contribution in [0.4, 0.5) is 0 Å². The van der Waals surface area contributed by atoms with E-state index >= 15 is 0 Å². The van der Waals surface area contributed by atoms with Crippen LogP contribution in [0.1, 0.15) is 226 Å². The van der Waals surface area contributed by atoms with Gasteiger partial charge in [-0.2, -0.15) is 0 Å². The summed E-state index contributed by atoms with van der Waals surface area (Å²) >= 11 is 0. The summed E-state index contributed by atoms with van der Waals surface area (Å²) in [7, 11) is 1.22. The molecule has 0 aromatic heterocycles. The van der Waals surface area contributed by atoms with Gasteiger partial charge in [0.05, 0.1) is 39.9 Å². The number of nitrogens with one attached hydrogen (secondary N) is 1. The number of quaternary nitrogens is 1. The van der Waals surface area contributed by atoms with Gasteiger partial charge in [0.25, 0.3) is 7.82 Å². The molecule has 0 aliphatic carbocycles. The number of carbonyl (C=O) groups excluding carboxylic acids is 1. The Kier molecular flexibility index (Phi) is 55.9. The Bertz CT molecular complexity index is 1840. The molecule has 3 atom stereocenters. The molecular formula is C70H117N2O6P. The number of rotatable bonds is 55. The highest BCUT2D eigenvalue weighted by Crippen LogP contribution is 2.38. The summed E-state index contributed by atoms with van der Waals surface area (Å²) in [6, 6.07) is -0.912. The molecule has 0 aliphatic rings. The van der Waals surface area contributed by atoms with Crippen molar-refractivity contribution in [2.24, 2.45) is 0 Å². The molecule has 0 saturated heterocycles. The number of carbonyl (C=O) groups is 1. The summed E-state index contributed by atoms with van der Waals surface area (Å²) in [6.45, 7) is 4.50. The maximum Gasteiger partial charge on any atom is 0.268 e. The molecule has 79 heavy (non-hydrogen) atoms. The van der Waals surface area contributed by atoms with Crippen LogP contribution in [0, 0.1) is 0 Å². The molecule has 0 fully saturated rings. The topological polar surface area (TPSA) is 108 Å². The number of phosphoric ester groups is 1. The highest BCUT2D eigenvalue weighted by molar-refractivity contribution is 7.45. The minimum Gasteiger partial charge on any atom is -0.756 e. The van der Waals surface area contributed by atoms with Crippen LogP contribution in [0.15, 0.2) is 158 Å². The zero-order chi connectivity index (χ0) is 57.7. The number of aliphatic hydroxyl groups excluding tert-OH is 1. The van der Waals surface area contributed by atoms with Gasteiger partial charge in [0.15, 0.2) is 0 Å². The third kappa shape index (κ3) is 61.6. The lowest BCUT2D eigenvalue weighted by Gasteiger charge is -2.29. The summed E-state index contributed by atoms with van der Waals surface area (Å²) < 4.78 is 23.3. The summed E-state index contributed by atoms with van der Waals surface area (Å²) in [5.74, 6) is -0.228. The molecule has 8 nitrogen and oxygen atoms in total. The van der Waals surface area contributed by atoms with Gasteiger partial charge < -0.3 is 28.8 Å². The van der Waals surface area contributed by atoms with Crippen molar-refractivity contribution in [2.45, 2.75) is 238 Å². The molecular weight excluding hydrogens is 996 g/mol. The second kappa shape index (κ2) is 58.8. The van der Waals surface area contributed by atoms with Crippen molar-refractivity contribution in [3.8, 4) is 0 Å². The summed E-state index contributed by atoms with van der Waals surface area (Å²) in [5.41, 5.74) is 0. The number of unbranched alkanes of at least 4 members (excludes halogenated alkanes) is 18. The van der Waals surface area contributed by atoms with Crippen LogP contribution in [0.3, 0.4) is 0 Å². The van der Waals surface area contributed by atoms with E-state index in [-0.39, 0.29) is 12.5 Å². The van der Waals surface area contributed by atoms with Crippen LogP contribution in [0.5, 0.6) is 0 Å². The number of hydrogen-bond donors (Lipinski definition) is 2. The first-order valence-electron chi connectivity index (χ1n) is 31.3. The fourth-order valence-corrected chi connectivity index (χ4v) is 8.86. The lowest BCUT2D eigenvalue weighted by molar-refractivity contribution is -0.870. The Morgan fingerprint density at radius 3 is 1.13 bits per heavy atom. The molecule has 3 unspecified atom stereocenters. The van der Waals surface area contributed by atoms with Gasteiger partial charge in [-0.1, -0.05) is 268 Å². The Morgan fingerprint density at radius 1 is 0.456 bits per heavy atom. The van der Waals surface area contributed by atoms with Crippen LogP contribution in [0.25, 0.3) is 0 Å². The SMILES string of the molecule is CC/C=C\C/C=C\C/C=C\C/C=C\C/C=C\C/C=C\C/C=C\C/C=C\C/C=C\C/C=C\C/C=C\C/C=C\CCCCCCC(=O)NC(COP(=O)([O-])OCC[N+](C)(C)C)C(O)/C=C/CCCCCCCCCCCCCCCC. The third-order valence-electron chi connectivity index (χ3n) is 13.0. The molecule has 0 aromatic carbocycles. The summed E-state index contributed by atoms with van der Waals surface area (Å²) in [5, 5.41) is 13.9. The van der Waals surface area contributed by atoms with Gasteiger partial charge >= 0.3 is 0 Å². The highest BCUT2D eigenvalue weighted by Gasteiger charge is 2.23. The molecule has 0 aromatic rings. The standard InChI is InChI=1S/C70H117N2O6P/c1-6-8-10-12-14-16-18-20-22-24-25-26-27-28-29-30-31-32-33-34-35-36-37-38-39-40-41-42-43-44-45-46-47-48-50-52-54-56-58-60-62-64-70(74)71-68(67-78-79(75,76)77-66-65-72(3,4)5)69(73)63-61-59-57-55-53-51-49-23-21-19-17-15-13-11-9-7-2/h8,10,14,16,20,22,25-26,28-29,31-32,34-35,37-38,40-41,43-44,46-47,50,52,61,63,68-69,73H,6-7,9,11-13,15,17-19,21,23-24,27,30,33,36,39,42,45,48-49,51,53-60,62,64-67H2,1-5H3,(H-,71,74,75,76)/b10-8-,16-14-,22-20-,26-25-,29-28-,32-31-,35-34-,38-37-,41-40-,44-43-,47-46-,52-50-,63-61+. The molecule has 0 saturated carbocycles. The number of phosphoric acid groups is 1. The number of hydrogen-bond acceptors (Lipinski definition) is 6. The van der Waals surface area contributed by atoms with Gasteiger partial charge in [-0.05, 0) is 109 Å². The van der Waals surface area contributed by atoms with Gasteiger partial charge in [-0.15, -0.1) is 0 Å². The molecule has 2 N–H and O–H groups in total. The molecule has 0 heterocycles. The minimum atomic E-state index is -4.62. The number of amides is 1. The average Bonchev–Trinajstić information content (AvgIpc) is 3.42. The van der Waals surface area contributed by atoms with E-state index in [0.717, 1.165) is 128 Å². The first-order chi connectivity index (χ1) is 38.5. The van der Waals surface area contributed by atoms with E-state index in [4.69, 9.17) is 9.05 Å². The van der Waals surface area contributed by atoms with Crippen LogP contribution >= 0.6 is 7.82 Å². The monoisotopic (exact) mass is 1110 g/mol. The lowest BCUT2D eigenvalue weighted by atomic mass is 10.0.